The fourth-order valence-electron chi connectivity index (χ4n) is 2.92. The van der Waals surface area contributed by atoms with E-state index in [1.165, 1.54) is 0 Å². The highest BCUT2D eigenvalue weighted by molar-refractivity contribution is 5.70. The van der Waals surface area contributed by atoms with Crippen molar-refractivity contribution in [3.8, 4) is 5.75 Å². The molecule has 4 heteroatoms. The number of likely N-dealkylation sites (tertiary alicyclic amines) is 1. The first kappa shape index (κ1) is 15.6. The van der Waals surface area contributed by atoms with Crippen molar-refractivity contribution in [1.29, 1.82) is 0 Å². The number of hydrogen-bond donors (Lipinski definition) is 1. The lowest BCUT2D eigenvalue weighted by molar-refractivity contribution is -0.144. The van der Waals surface area contributed by atoms with Crippen LogP contribution in [0.25, 0.3) is 0 Å². The SMILES string of the molecule is C=CCOc1cccc(CN2CC(C)CC(C(=O)O)C2)c1. The molecule has 1 heterocycles. The molecule has 1 saturated heterocycles. The molecule has 114 valence electrons. The van der Waals surface area contributed by atoms with Crippen LogP contribution in [0.3, 0.4) is 0 Å². The average molecular weight is 289 g/mol. The van der Waals surface area contributed by atoms with E-state index in [1.807, 2.05) is 18.2 Å². The Labute approximate surface area is 126 Å². The van der Waals surface area contributed by atoms with E-state index in [9.17, 15) is 9.90 Å². The molecule has 0 amide bonds. The standard InChI is InChI=1S/C17H23NO3/c1-3-7-21-16-6-4-5-14(9-16)11-18-10-13(2)8-15(12-18)17(19)20/h3-6,9,13,15H,1,7-8,10-12H2,2H3,(H,19,20). The van der Waals surface area contributed by atoms with Crippen molar-refractivity contribution in [3.05, 3.63) is 42.5 Å². The van der Waals surface area contributed by atoms with E-state index in [1.54, 1.807) is 6.08 Å². The minimum Gasteiger partial charge on any atom is -0.490 e. The second kappa shape index (κ2) is 7.27. The number of carboxylic acids is 1. The Balaban J connectivity index is 1.99. The first-order valence-electron chi connectivity index (χ1n) is 7.36. The van der Waals surface area contributed by atoms with Gasteiger partial charge >= 0.3 is 5.97 Å². The van der Waals surface area contributed by atoms with E-state index in [-0.39, 0.29) is 5.92 Å². The summed E-state index contributed by atoms with van der Waals surface area (Å²) in [6, 6.07) is 7.95. The number of ether oxygens (including phenoxy) is 1. The second-order valence-electron chi connectivity index (χ2n) is 5.82. The molecule has 1 aliphatic rings. The molecule has 21 heavy (non-hydrogen) atoms. The van der Waals surface area contributed by atoms with Crippen LogP contribution in [-0.2, 0) is 11.3 Å². The molecule has 4 nitrogen and oxygen atoms in total. The summed E-state index contributed by atoms with van der Waals surface area (Å²) in [4.78, 5) is 13.4. The van der Waals surface area contributed by atoms with Gasteiger partial charge in [0.2, 0.25) is 0 Å². The zero-order valence-corrected chi connectivity index (χ0v) is 12.5. The smallest absolute Gasteiger partial charge is 0.307 e. The lowest BCUT2D eigenvalue weighted by atomic mass is 9.90. The number of rotatable bonds is 6. The lowest BCUT2D eigenvalue weighted by Gasteiger charge is -2.34. The number of piperidine rings is 1. The Kier molecular flexibility index (Phi) is 5.39. The second-order valence-corrected chi connectivity index (χ2v) is 5.82. The highest BCUT2D eigenvalue weighted by Gasteiger charge is 2.29. The van der Waals surface area contributed by atoms with Crippen molar-refractivity contribution in [2.24, 2.45) is 11.8 Å². The van der Waals surface area contributed by atoms with E-state index in [0.717, 1.165) is 30.8 Å². The Bertz CT molecular complexity index is 501. The van der Waals surface area contributed by atoms with Crippen molar-refractivity contribution in [2.45, 2.75) is 19.9 Å². The van der Waals surface area contributed by atoms with Gasteiger partial charge in [-0.25, -0.2) is 0 Å². The minimum atomic E-state index is -0.686. The van der Waals surface area contributed by atoms with E-state index in [2.05, 4.69) is 24.5 Å². The third-order valence-corrected chi connectivity index (χ3v) is 3.76. The van der Waals surface area contributed by atoms with Gasteiger partial charge in [0.25, 0.3) is 0 Å². The molecule has 1 fully saturated rings. The van der Waals surface area contributed by atoms with Crippen LogP contribution in [0.15, 0.2) is 36.9 Å². The molecule has 1 aromatic carbocycles. The molecule has 2 rings (SSSR count). The third-order valence-electron chi connectivity index (χ3n) is 3.76. The summed E-state index contributed by atoms with van der Waals surface area (Å²) in [5, 5.41) is 9.23. The monoisotopic (exact) mass is 289 g/mol. The maximum Gasteiger partial charge on any atom is 0.307 e. The first-order valence-corrected chi connectivity index (χ1v) is 7.36. The van der Waals surface area contributed by atoms with Gasteiger partial charge in [-0.05, 0) is 30.0 Å². The number of aliphatic carboxylic acids is 1. The number of nitrogens with zero attached hydrogens (tertiary/aromatic N) is 1. The van der Waals surface area contributed by atoms with Crippen molar-refractivity contribution in [3.63, 3.8) is 0 Å². The molecule has 0 bridgehead atoms. The maximum absolute atomic E-state index is 11.2. The summed E-state index contributed by atoms with van der Waals surface area (Å²) in [5.41, 5.74) is 1.15. The van der Waals surface area contributed by atoms with Crippen molar-refractivity contribution >= 4 is 5.97 Å². The van der Waals surface area contributed by atoms with Gasteiger partial charge in [-0.3, -0.25) is 9.69 Å². The van der Waals surface area contributed by atoms with E-state index in [4.69, 9.17) is 4.74 Å². The molecule has 0 aliphatic carbocycles. The largest absolute Gasteiger partial charge is 0.490 e. The van der Waals surface area contributed by atoms with Gasteiger partial charge in [0, 0.05) is 19.6 Å². The van der Waals surface area contributed by atoms with E-state index in [0.29, 0.717) is 19.1 Å². The number of benzene rings is 1. The van der Waals surface area contributed by atoms with Gasteiger partial charge < -0.3 is 9.84 Å². The Hall–Kier alpha value is -1.81. The van der Waals surface area contributed by atoms with Gasteiger partial charge in [0.1, 0.15) is 12.4 Å². The van der Waals surface area contributed by atoms with Crippen LogP contribution in [0, 0.1) is 11.8 Å². The summed E-state index contributed by atoms with van der Waals surface area (Å²) in [5.74, 6) is 0.302. The molecule has 1 aromatic rings. The van der Waals surface area contributed by atoms with Gasteiger partial charge in [-0.1, -0.05) is 31.7 Å². The quantitative estimate of drug-likeness (QED) is 0.818. The number of carbonyl (C=O) groups is 1. The molecule has 1 N–H and O–H groups in total. The zero-order chi connectivity index (χ0) is 15.2. The molecular weight excluding hydrogens is 266 g/mol. The van der Waals surface area contributed by atoms with Crippen molar-refractivity contribution < 1.29 is 14.6 Å². The van der Waals surface area contributed by atoms with Gasteiger partial charge in [-0.2, -0.15) is 0 Å². The molecule has 2 unspecified atom stereocenters. The molecule has 0 radical (unpaired) electrons. The van der Waals surface area contributed by atoms with Crippen molar-refractivity contribution in [2.75, 3.05) is 19.7 Å². The van der Waals surface area contributed by atoms with Crippen LogP contribution < -0.4 is 4.74 Å². The average Bonchev–Trinajstić information content (AvgIpc) is 2.45. The Morgan fingerprint density at radius 3 is 3.05 bits per heavy atom. The van der Waals surface area contributed by atoms with Crippen LogP contribution in [0.2, 0.25) is 0 Å². The predicted molar refractivity (Wildman–Crippen MR) is 82.3 cm³/mol. The Morgan fingerprint density at radius 2 is 2.33 bits per heavy atom. The Morgan fingerprint density at radius 1 is 1.52 bits per heavy atom. The lowest BCUT2D eigenvalue weighted by Crippen LogP contribution is -2.41. The molecule has 2 atom stereocenters. The third kappa shape index (κ3) is 4.60. The molecule has 0 aromatic heterocycles. The topological polar surface area (TPSA) is 49.8 Å². The zero-order valence-electron chi connectivity index (χ0n) is 12.5. The highest BCUT2D eigenvalue weighted by Crippen LogP contribution is 2.24. The van der Waals surface area contributed by atoms with Crippen LogP contribution in [-0.4, -0.2) is 35.7 Å². The fourth-order valence-corrected chi connectivity index (χ4v) is 2.92. The summed E-state index contributed by atoms with van der Waals surface area (Å²) in [7, 11) is 0. The van der Waals surface area contributed by atoms with Crippen molar-refractivity contribution in [1.82, 2.24) is 4.90 Å². The minimum absolute atomic E-state index is 0.256. The normalized spacial score (nSPS) is 22.7. The van der Waals surface area contributed by atoms with E-state index >= 15 is 0 Å². The summed E-state index contributed by atoms with van der Waals surface area (Å²) in [6.45, 7) is 8.58. The summed E-state index contributed by atoms with van der Waals surface area (Å²) < 4.78 is 5.53. The van der Waals surface area contributed by atoms with Gasteiger partial charge in [0.15, 0.2) is 0 Å². The van der Waals surface area contributed by atoms with Crippen LogP contribution in [0.4, 0.5) is 0 Å². The van der Waals surface area contributed by atoms with Crippen LogP contribution in [0.5, 0.6) is 5.75 Å². The fraction of sp³-hybridized carbons (Fsp3) is 0.471. The van der Waals surface area contributed by atoms with Gasteiger partial charge in [-0.15, -0.1) is 0 Å². The first-order chi connectivity index (χ1) is 10.1. The number of carboxylic acid groups (broad SMARTS) is 1. The van der Waals surface area contributed by atoms with Gasteiger partial charge in [0.05, 0.1) is 5.92 Å². The molecule has 0 saturated carbocycles. The van der Waals surface area contributed by atoms with Crippen LogP contribution in [0.1, 0.15) is 18.9 Å². The maximum atomic E-state index is 11.2. The summed E-state index contributed by atoms with van der Waals surface area (Å²) >= 11 is 0. The van der Waals surface area contributed by atoms with E-state index < -0.39 is 5.97 Å². The predicted octanol–water partition coefficient (Wildman–Crippen LogP) is 2.79. The number of hydrogen-bond acceptors (Lipinski definition) is 3. The molecule has 0 spiro atoms. The molecular formula is C17H23NO3. The highest BCUT2D eigenvalue weighted by atomic mass is 16.5. The molecule has 1 aliphatic heterocycles. The van der Waals surface area contributed by atoms with Crippen LogP contribution >= 0.6 is 0 Å². The summed E-state index contributed by atoms with van der Waals surface area (Å²) in [6.07, 6.45) is 2.49.